The standard InChI is InChI=1S/C17H23FN3O6PS/c18-8-10-7-11(5-6-13(10)27-28(24,25)26)19-15(22)4-2-1-3-14-16-12(9-29-14)20-17(23)21-16/h5-7,12,14,16H,1-4,8-9H2,(H,19,22)(H2,20,21,23)(H2,24,25,26). The number of thioether (sulfide) groups is 1. The number of fused-ring (bicyclic) bond motifs is 1. The molecule has 5 N–H and O–H groups in total. The number of unbranched alkanes of at least 4 members (excludes halogenated alkanes) is 1. The summed E-state index contributed by atoms with van der Waals surface area (Å²) in [5, 5.41) is 8.82. The fraction of sp³-hybridized carbons (Fsp3) is 0.529. The lowest BCUT2D eigenvalue weighted by Crippen LogP contribution is -2.36. The highest BCUT2D eigenvalue weighted by Gasteiger charge is 2.42. The fourth-order valence-electron chi connectivity index (χ4n) is 3.48. The molecular weight excluding hydrogens is 424 g/mol. The van der Waals surface area contributed by atoms with Gasteiger partial charge in [0.05, 0.1) is 12.1 Å². The van der Waals surface area contributed by atoms with E-state index >= 15 is 0 Å². The molecule has 3 unspecified atom stereocenters. The van der Waals surface area contributed by atoms with Gasteiger partial charge < -0.3 is 20.5 Å². The van der Waals surface area contributed by atoms with Crippen LogP contribution in [0, 0.1) is 0 Å². The third kappa shape index (κ3) is 6.08. The minimum absolute atomic E-state index is 0.0637. The summed E-state index contributed by atoms with van der Waals surface area (Å²) in [7, 11) is -4.79. The van der Waals surface area contributed by atoms with Gasteiger partial charge in [0, 0.05) is 28.7 Å². The summed E-state index contributed by atoms with van der Waals surface area (Å²) in [5.41, 5.74) is 0.265. The van der Waals surface area contributed by atoms with E-state index in [4.69, 9.17) is 9.79 Å². The van der Waals surface area contributed by atoms with E-state index in [2.05, 4.69) is 20.5 Å². The molecule has 0 radical (unpaired) electrons. The van der Waals surface area contributed by atoms with Crippen LogP contribution in [0.5, 0.6) is 5.75 Å². The number of hydrogen-bond donors (Lipinski definition) is 5. The van der Waals surface area contributed by atoms with Gasteiger partial charge in [-0.1, -0.05) is 6.42 Å². The van der Waals surface area contributed by atoms with Gasteiger partial charge in [0.1, 0.15) is 12.4 Å². The van der Waals surface area contributed by atoms with Crippen molar-refractivity contribution in [1.29, 1.82) is 0 Å². The van der Waals surface area contributed by atoms with E-state index < -0.39 is 14.5 Å². The number of carbonyl (C=O) groups is 2. The second-order valence-corrected chi connectivity index (χ2v) is 9.39. The molecule has 29 heavy (non-hydrogen) atoms. The number of carbonyl (C=O) groups excluding carboxylic acids is 2. The number of halogens is 1. The Bertz CT molecular complexity index is 822. The van der Waals surface area contributed by atoms with E-state index in [1.54, 1.807) is 0 Å². The van der Waals surface area contributed by atoms with Crippen LogP contribution in [-0.2, 0) is 16.0 Å². The van der Waals surface area contributed by atoms with Crippen molar-refractivity contribution in [3.8, 4) is 5.75 Å². The molecule has 2 fully saturated rings. The van der Waals surface area contributed by atoms with E-state index in [1.165, 1.54) is 18.2 Å². The maximum atomic E-state index is 13.1. The van der Waals surface area contributed by atoms with Gasteiger partial charge in [-0.2, -0.15) is 11.8 Å². The van der Waals surface area contributed by atoms with Crippen LogP contribution in [0.3, 0.4) is 0 Å². The highest BCUT2D eigenvalue weighted by molar-refractivity contribution is 8.00. The smallest absolute Gasteiger partial charge is 0.404 e. The first-order valence-electron chi connectivity index (χ1n) is 9.17. The molecule has 0 aliphatic carbocycles. The molecular formula is C17H23FN3O6PS. The summed E-state index contributed by atoms with van der Waals surface area (Å²) in [6.45, 7) is -0.994. The van der Waals surface area contributed by atoms with Crippen molar-refractivity contribution >= 4 is 37.2 Å². The van der Waals surface area contributed by atoms with Crippen molar-refractivity contribution in [3.63, 3.8) is 0 Å². The molecule has 0 aromatic heterocycles. The molecule has 1 aromatic carbocycles. The minimum atomic E-state index is -4.79. The fourth-order valence-corrected chi connectivity index (χ4v) is 5.45. The number of nitrogens with one attached hydrogen (secondary N) is 3. The zero-order valence-electron chi connectivity index (χ0n) is 15.5. The van der Waals surface area contributed by atoms with Gasteiger partial charge in [-0.3, -0.25) is 14.6 Å². The Morgan fingerprint density at radius 1 is 1.34 bits per heavy atom. The van der Waals surface area contributed by atoms with Crippen molar-refractivity contribution < 1.29 is 32.9 Å². The molecule has 12 heteroatoms. The summed E-state index contributed by atoms with van der Waals surface area (Å²) in [5.74, 6) is 0.402. The third-order valence-electron chi connectivity index (χ3n) is 4.79. The zero-order valence-corrected chi connectivity index (χ0v) is 17.2. The second kappa shape index (κ2) is 9.34. The number of amides is 3. The second-order valence-electron chi connectivity index (χ2n) is 6.95. The molecule has 2 heterocycles. The molecule has 1 aromatic rings. The summed E-state index contributed by atoms with van der Waals surface area (Å²) < 4.78 is 28.4. The Morgan fingerprint density at radius 3 is 2.86 bits per heavy atom. The van der Waals surface area contributed by atoms with Gasteiger partial charge in [0.15, 0.2) is 0 Å². The molecule has 2 saturated heterocycles. The van der Waals surface area contributed by atoms with Gasteiger partial charge in [-0.05, 0) is 31.0 Å². The predicted molar refractivity (Wildman–Crippen MR) is 107 cm³/mol. The zero-order chi connectivity index (χ0) is 21.0. The van der Waals surface area contributed by atoms with Crippen LogP contribution in [0.2, 0.25) is 0 Å². The van der Waals surface area contributed by atoms with E-state index in [9.17, 15) is 18.5 Å². The Morgan fingerprint density at radius 2 is 2.14 bits per heavy atom. The molecule has 160 valence electrons. The lowest BCUT2D eigenvalue weighted by atomic mass is 10.0. The van der Waals surface area contributed by atoms with Crippen molar-refractivity contribution in [2.24, 2.45) is 0 Å². The third-order valence-corrected chi connectivity index (χ3v) is 6.73. The largest absolute Gasteiger partial charge is 0.524 e. The Hall–Kier alpha value is -1.81. The first-order chi connectivity index (χ1) is 13.7. The summed E-state index contributed by atoms with van der Waals surface area (Å²) >= 11 is 1.83. The Kier molecular flexibility index (Phi) is 7.05. The van der Waals surface area contributed by atoms with E-state index in [0.717, 1.165) is 18.6 Å². The van der Waals surface area contributed by atoms with Gasteiger partial charge in [-0.15, -0.1) is 0 Å². The SMILES string of the molecule is O=C(CCCCC1SCC2NC(=O)NC21)Nc1ccc(OP(=O)(O)O)c(CF)c1. The predicted octanol–water partition coefficient (Wildman–Crippen LogP) is 2.29. The number of hydrogen-bond acceptors (Lipinski definition) is 5. The van der Waals surface area contributed by atoms with Crippen LogP contribution in [0.15, 0.2) is 18.2 Å². The molecule has 2 aliphatic rings. The first kappa shape index (κ1) is 21.9. The van der Waals surface area contributed by atoms with Crippen molar-refractivity contribution in [1.82, 2.24) is 10.6 Å². The van der Waals surface area contributed by atoms with Crippen LogP contribution in [0.4, 0.5) is 14.9 Å². The highest BCUT2D eigenvalue weighted by Crippen LogP contribution is 2.40. The first-order valence-corrected chi connectivity index (χ1v) is 11.8. The summed E-state index contributed by atoms with van der Waals surface area (Å²) in [6, 6.07) is 4.11. The number of alkyl halides is 1. The molecule has 3 atom stereocenters. The van der Waals surface area contributed by atoms with Crippen molar-refractivity contribution in [2.45, 2.75) is 49.7 Å². The average molecular weight is 447 g/mol. The molecule has 0 spiro atoms. The van der Waals surface area contributed by atoms with Crippen molar-refractivity contribution in [2.75, 3.05) is 11.1 Å². The van der Waals surface area contributed by atoms with Gasteiger partial charge in [-0.25, -0.2) is 13.8 Å². The number of anilines is 1. The number of urea groups is 1. The number of benzene rings is 1. The lowest BCUT2D eigenvalue weighted by Gasteiger charge is -2.16. The normalized spacial score (nSPS) is 23.3. The quantitative estimate of drug-likeness (QED) is 0.223. The molecule has 9 nitrogen and oxygen atoms in total. The Balaban J connectivity index is 1.42. The maximum absolute atomic E-state index is 13.1. The molecule has 0 saturated carbocycles. The van der Waals surface area contributed by atoms with Crippen LogP contribution < -0.4 is 20.5 Å². The van der Waals surface area contributed by atoms with Crippen molar-refractivity contribution in [3.05, 3.63) is 23.8 Å². The van der Waals surface area contributed by atoms with Crippen LogP contribution in [0.1, 0.15) is 31.2 Å². The molecule has 3 rings (SSSR count). The monoisotopic (exact) mass is 447 g/mol. The summed E-state index contributed by atoms with van der Waals surface area (Å²) in [6.07, 6.45) is 2.72. The van der Waals surface area contributed by atoms with Crippen LogP contribution in [0.25, 0.3) is 0 Å². The van der Waals surface area contributed by atoms with Gasteiger partial charge in [0.2, 0.25) is 5.91 Å². The number of rotatable bonds is 9. The van der Waals surface area contributed by atoms with Gasteiger partial charge >= 0.3 is 13.9 Å². The van der Waals surface area contributed by atoms with Gasteiger partial charge in [0.25, 0.3) is 0 Å². The topological polar surface area (TPSA) is 137 Å². The number of phosphoric acid groups is 1. The van der Waals surface area contributed by atoms with Crippen LogP contribution >= 0.6 is 19.6 Å². The highest BCUT2D eigenvalue weighted by atomic mass is 32.2. The average Bonchev–Trinajstić information content (AvgIpc) is 3.18. The number of phosphoric ester groups is 1. The van der Waals surface area contributed by atoms with Crippen LogP contribution in [-0.4, -0.2) is 44.8 Å². The molecule has 3 amide bonds. The Labute approximate surface area is 171 Å². The maximum Gasteiger partial charge on any atom is 0.524 e. The van der Waals surface area contributed by atoms with E-state index in [0.29, 0.717) is 23.8 Å². The van der Waals surface area contributed by atoms with E-state index in [-0.39, 0.29) is 35.3 Å². The summed E-state index contributed by atoms with van der Waals surface area (Å²) in [4.78, 5) is 41.2. The minimum Gasteiger partial charge on any atom is -0.404 e. The molecule has 2 aliphatic heterocycles. The van der Waals surface area contributed by atoms with E-state index in [1.807, 2.05) is 11.8 Å². The molecule has 0 bridgehead atoms. The lowest BCUT2D eigenvalue weighted by molar-refractivity contribution is -0.116.